The zero-order valence-electron chi connectivity index (χ0n) is 38.0. The minimum atomic E-state index is -0.535. The third-order valence-corrected chi connectivity index (χ3v) is 11.6. The molecule has 0 unspecified atom stereocenters. The van der Waals surface area contributed by atoms with E-state index in [0.717, 1.165) is 76.1 Å². The molecular formula is C54H30O. The average Bonchev–Trinajstić information content (AvgIpc) is 3.72. The van der Waals surface area contributed by atoms with Crippen molar-refractivity contribution < 1.29 is 16.8 Å². The van der Waals surface area contributed by atoms with E-state index in [-0.39, 0.29) is 56.4 Å². The van der Waals surface area contributed by atoms with Crippen LogP contribution in [0.25, 0.3) is 131 Å². The summed E-state index contributed by atoms with van der Waals surface area (Å²) in [7, 11) is 0. The summed E-state index contributed by atoms with van der Waals surface area (Å²) in [4.78, 5) is 0. The first-order valence-electron chi connectivity index (χ1n) is 22.8. The van der Waals surface area contributed by atoms with Gasteiger partial charge in [-0.05, 0) is 145 Å². The zero-order valence-corrected chi connectivity index (χ0v) is 29.0. The van der Waals surface area contributed by atoms with Gasteiger partial charge in [-0.2, -0.15) is 0 Å². The Balaban J connectivity index is 1.19. The average molecular weight is 704 g/mol. The topological polar surface area (TPSA) is 13.1 Å². The van der Waals surface area contributed by atoms with Gasteiger partial charge in [-0.15, -0.1) is 0 Å². The molecule has 55 heavy (non-hydrogen) atoms. The lowest BCUT2D eigenvalue weighted by molar-refractivity contribution is 0.669. The molecule has 12 aromatic carbocycles. The number of fused-ring (bicyclic) bond motifs is 4. The van der Waals surface area contributed by atoms with Crippen LogP contribution in [0.4, 0.5) is 0 Å². The monoisotopic (exact) mass is 703 g/mol. The van der Waals surface area contributed by atoms with E-state index >= 15 is 0 Å². The molecule has 0 saturated carbocycles. The minimum Gasteiger partial charge on any atom is -0.456 e. The van der Waals surface area contributed by atoms with Crippen molar-refractivity contribution in [2.45, 2.75) is 0 Å². The molecule has 1 aromatic heterocycles. The van der Waals surface area contributed by atoms with Crippen LogP contribution < -0.4 is 0 Å². The Bertz CT molecular complexity index is 4050. The largest absolute Gasteiger partial charge is 0.456 e. The highest BCUT2D eigenvalue weighted by Crippen LogP contribution is 2.46. The van der Waals surface area contributed by atoms with E-state index in [2.05, 4.69) is 115 Å². The van der Waals surface area contributed by atoms with E-state index in [1.165, 1.54) is 10.8 Å². The van der Waals surface area contributed by atoms with Crippen LogP contribution >= 0.6 is 0 Å². The summed E-state index contributed by atoms with van der Waals surface area (Å²) >= 11 is 0. The molecule has 13 rings (SSSR count). The van der Waals surface area contributed by atoms with Crippen molar-refractivity contribution in [2.24, 2.45) is 0 Å². The van der Waals surface area contributed by atoms with E-state index in [1.807, 2.05) is 12.1 Å². The molecule has 0 bridgehead atoms. The van der Waals surface area contributed by atoms with Crippen LogP contribution in [-0.4, -0.2) is 0 Å². The van der Waals surface area contributed by atoms with Gasteiger partial charge in [-0.25, -0.2) is 0 Å². The van der Waals surface area contributed by atoms with Crippen LogP contribution in [-0.2, 0) is 0 Å². The predicted octanol–water partition coefficient (Wildman–Crippen LogP) is 15.5. The standard InChI is InChI=1S/C54H30O/c1-2-7-38-30-49-47(29-37(38)6-1)54-44(12-5-13-48(54)55-49)41-27-39(42-22-18-35-16-14-31-8-3-10-33-20-24-45(42)52(35)50(31)33)26-40(28-41)43-23-19-36-17-15-32-9-4-11-34-21-25-46(43)53(36)51(32)34/h1-30H/i1D,2D,5D,6D,7D,12D,13D,29D,30D. The molecule has 252 valence electrons. The van der Waals surface area contributed by atoms with E-state index in [0.29, 0.717) is 5.56 Å². The molecule has 0 radical (unpaired) electrons. The van der Waals surface area contributed by atoms with Crippen LogP contribution in [0.1, 0.15) is 12.3 Å². The van der Waals surface area contributed by atoms with E-state index in [1.54, 1.807) is 0 Å². The van der Waals surface area contributed by atoms with Gasteiger partial charge in [0.1, 0.15) is 11.2 Å². The molecule has 0 aliphatic carbocycles. The van der Waals surface area contributed by atoms with E-state index < -0.39 is 36.3 Å². The lowest BCUT2D eigenvalue weighted by Crippen LogP contribution is -1.91. The van der Waals surface area contributed by atoms with Crippen molar-refractivity contribution in [1.82, 2.24) is 0 Å². The highest BCUT2D eigenvalue weighted by molar-refractivity contribution is 6.27. The number of hydrogen-bond acceptors (Lipinski definition) is 1. The third kappa shape index (κ3) is 4.07. The van der Waals surface area contributed by atoms with E-state index in [4.69, 9.17) is 12.6 Å². The Morgan fingerprint density at radius 2 is 0.800 bits per heavy atom. The van der Waals surface area contributed by atoms with Crippen molar-refractivity contribution in [3.05, 3.63) is 182 Å². The Kier molecular flexibility index (Phi) is 4.29. The van der Waals surface area contributed by atoms with Gasteiger partial charge >= 0.3 is 0 Å². The van der Waals surface area contributed by atoms with Gasteiger partial charge in [0, 0.05) is 10.8 Å². The molecule has 0 fully saturated rings. The second-order valence-electron chi connectivity index (χ2n) is 14.5. The van der Waals surface area contributed by atoms with Crippen molar-refractivity contribution in [1.29, 1.82) is 0 Å². The van der Waals surface area contributed by atoms with Gasteiger partial charge in [0.2, 0.25) is 0 Å². The number of hydrogen-bond donors (Lipinski definition) is 0. The van der Waals surface area contributed by atoms with Crippen LogP contribution in [0.5, 0.6) is 0 Å². The zero-order chi connectivity index (χ0) is 43.6. The van der Waals surface area contributed by atoms with Crippen LogP contribution in [0.3, 0.4) is 0 Å². The summed E-state index contributed by atoms with van der Waals surface area (Å²) in [6.07, 6.45) is 0. The maximum atomic E-state index is 9.61. The Hall–Kier alpha value is -7.22. The highest BCUT2D eigenvalue weighted by Gasteiger charge is 2.19. The van der Waals surface area contributed by atoms with Crippen molar-refractivity contribution in [3.63, 3.8) is 0 Å². The Morgan fingerprint density at radius 3 is 1.36 bits per heavy atom. The third-order valence-electron chi connectivity index (χ3n) is 11.6. The number of rotatable bonds is 3. The normalized spacial score (nSPS) is 14.7. The molecule has 0 amide bonds. The quantitative estimate of drug-likeness (QED) is 0.167. The summed E-state index contributed by atoms with van der Waals surface area (Å²) in [5, 5.41) is 13.4. The fourth-order valence-corrected chi connectivity index (χ4v) is 9.19. The molecular weight excluding hydrogens is 665 g/mol. The van der Waals surface area contributed by atoms with Crippen molar-refractivity contribution >= 4 is 97.3 Å². The van der Waals surface area contributed by atoms with Gasteiger partial charge in [0.15, 0.2) is 0 Å². The molecule has 0 saturated heterocycles. The molecule has 0 aliphatic rings. The Labute approximate surface area is 328 Å². The molecule has 0 N–H and O–H groups in total. The van der Waals surface area contributed by atoms with Crippen LogP contribution in [0.2, 0.25) is 0 Å². The SMILES string of the molecule is [2H]c1c([2H])c(-c2cc(-c3ccc4ccc5cccc6ccc3c4c56)cc(-c3ccc4ccc5cccc6ccc3c4c56)c2)c2c(oc3c([2H])c4c([2H])c([2H])c([2H])c([2H])c4c([2H])c32)c1[2H]. The van der Waals surface area contributed by atoms with Gasteiger partial charge in [-0.3, -0.25) is 0 Å². The molecule has 0 atom stereocenters. The van der Waals surface area contributed by atoms with Gasteiger partial charge in [-0.1, -0.05) is 145 Å². The second-order valence-corrected chi connectivity index (χ2v) is 14.5. The summed E-state index contributed by atoms with van der Waals surface area (Å²) < 4.78 is 87.3. The number of furan rings is 1. The fourth-order valence-electron chi connectivity index (χ4n) is 9.19. The van der Waals surface area contributed by atoms with Gasteiger partial charge in [0.25, 0.3) is 0 Å². The van der Waals surface area contributed by atoms with E-state index in [9.17, 15) is 4.11 Å². The predicted molar refractivity (Wildman–Crippen MR) is 235 cm³/mol. The maximum absolute atomic E-state index is 9.61. The highest BCUT2D eigenvalue weighted by atomic mass is 16.3. The molecule has 0 aliphatic heterocycles. The smallest absolute Gasteiger partial charge is 0.136 e. The first kappa shape index (κ1) is 22.1. The van der Waals surface area contributed by atoms with Crippen LogP contribution in [0.15, 0.2) is 186 Å². The van der Waals surface area contributed by atoms with Crippen molar-refractivity contribution in [2.75, 3.05) is 0 Å². The first-order chi connectivity index (χ1) is 31.0. The molecule has 1 nitrogen and oxygen atoms in total. The lowest BCUT2D eigenvalue weighted by Gasteiger charge is -2.18. The first-order valence-corrected chi connectivity index (χ1v) is 18.3. The second kappa shape index (κ2) is 10.7. The molecule has 13 aromatic rings. The summed E-state index contributed by atoms with van der Waals surface area (Å²) in [6.45, 7) is 0. The van der Waals surface area contributed by atoms with Crippen molar-refractivity contribution in [3.8, 4) is 33.4 Å². The fraction of sp³-hybridized carbons (Fsp3) is 0. The number of benzene rings is 12. The molecule has 0 spiro atoms. The summed E-state index contributed by atoms with van der Waals surface area (Å²) in [6, 6.07) is 40.8. The molecule has 1 heteroatoms. The maximum Gasteiger partial charge on any atom is 0.136 e. The Morgan fingerprint density at radius 1 is 0.327 bits per heavy atom. The summed E-state index contributed by atoms with van der Waals surface area (Å²) in [5.41, 5.74) is 4.08. The van der Waals surface area contributed by atoms with Crippen LogP contribution in [0, 0.1) is 0 Å². The lowest BCUT2D eigenvalue weighted by atomic mass is 9.85. The minimum absolute atomic E-state index is 0.0481. The van der Waals surface area contributed by atoms with Gasteiger partial charge < -0.3 is 4.42 Å². The van der Waals surface area contributed by atoms with Gasteiger partial charge in [0.05, 0.1) is 12.3 Å². The summed E-state index contributed by atoms with van der Waals surface area (Å²) in [5.74, 6) is 0. The molecule has 1 heterocycles.